The maximum Gasteiger partial charge on any atom is 0.407 e. The molecule has 2 heterocycles. The molecule has 4 heteroatoms. The minimum Gasteiger partial charge on any atom is -0.465 e. The smallest absolute Gasteiger partial charge is 0.407 e. The summed E-state index contributed by atoms with van der Waals surface area (Å²) in [6.07, 6.45) is 0.345. The van der Waals surface area contributed by atoms with Gasteiger partial charge in [0.2, 0.25) is 0 Å². The second kappa shape index (κ2) is 2.36. The molecule has 12 heavy (non-hydrogen) atoms. The first-order valence-corrected chi connectivity index (χ1v) is 4.35. The van der Waals surface area contributed by atoms with Crippen molar-refractivity contribution in [3.63, 3.8) is 0 Å². The Morgan fingerprint density at radius 1 is 1.67 bits per heavy atom. The first-order chi connectivity index (χ1) is 5.64. The van der Waals surface area contributed by atoms with Crippen molar-refractivity contribution in [3.05, 3.63) is 0 Å². The van der Waals surface area contributed by atoms with Gasteiger partial charge in [-0.25, -0.2) is 4.79 Å². The van der Waals surface area contributed by atoms with Crippen molar-refractivity contribution < 1.29 is 9.90 Å². The average molecular weight is 170 g/mol. The highest BCUT2D eigenvalue weighted by Crippen LogP contribution is 2.40. The maximum atomic E-state index is 10.5. The molecule has 0 aliphatic carbocycles. The van der Waals surface area contributed by atoms with Crippen LogP contribution >= 0.6 is 0 Å². The molecule has 1 amide bonds. The topological polar surface area (TPSA) is 52.6 Å². The van der Waals surface area contributed by atoms with Gasteiger partial charge in [0, 0.05) is 24.5 Å². The van der Waals surface area contributed by atoms with Crippen LogP contribution in [0.1, 0.15) is 13.3 Å². The number of hydrogen-bond donors (Lipinski definition) is 2. The summed E-state index contributed by atoms with van der Waals surface area (Å²) in [5.74, 6) is 0. The molecule has 0 aromatic rings. The molecule has 0 bridgehead atoms. The minimum absolute atomic E-state index is 0.262. The van der Waals surface area contributed by atoms with Crippen LogP contribution in [0.3, 0.4) is 0 Å². The molecule has 0 saturated carbocycles. The van der Waals surface area contributed by atoms with Gasteiger partial charge in [-0.2, -0.15) is 0 Å². The van der Waals surface area contributed by atoms with Gasteiger partial charge in [-0.05, 0) is 19.9 Å². The summed E-state index contributed by atoms with van der Waals surface area (Å²) in [5, 5.41) is 12.0. The largest absolute Gasteiger partial charge is 0.465 e. The molecule has 2 aliphatic rings. The Morgan fingerprint density at radius 2 is 2.33 bits per heavy atom. The van der Waals surface area contributed by atoms with Crippen molar-refractivity contribution in [2.24, 2.45) is 5.41 Å². The van der Waals surface area contributed by atoms with E-state index in [9.17, 15) is 4.79 Å². The Balaban J connectivity index is 1.97. The molecule has 1 atom stereocenters. The molecular weight excluding hydrogens is 156 g/mol. The predicted octanol–water partition coefficient (Wildman–Crippen LogP) is 0.348. The zero-order chi connectivity index (χ0) is 8.77. The molecular formula is C8H14N2O2. The first kappa shape index (κ1) is 7.86. The van der Waals surface area contributed by atoms with E-state index in [-0.39, 0.29) is 5.41 Å². The van der Waals surface area contributed by atoms with Gasteiger partial charge in [-0.1, -0.05) is 0 Å². The van der Waals surface area contributed by atoms with Crippen molar-refractivity contribution in [1.29, 1.82) is 0 Å². The van der Waals surface area contributed by atoms with E-state index < -0.39 is 6.09 Å². The van der Waals surface area contributed by atoms with Gasteiger partial charge in [-0.3, -0.25) is 0 Å². The van der Waals surface area contributed by atoms with Crippen LogP contribution in [0.25, 0.3) is 0 Å². The molecule has 0 aromatic carbocycles. The molecule has 2 fully saturated rings. The summed E-state index contributed by atoms with van der Waals surface area (Å²) in [6.45, 7) is 4.62. The number of rotatable bonds is 0. The lowest BCUT2D eigenvalue weighted by Gasteiger charge is -2.48. The highest BCUT2D eigenvalue weighted by molar-refractivity contribution is 5.66. The molecule has 0 unspecified atom stereocenters. The summed E-state index contributed by atoms with van der Waals surface area (Å²) in [4.78, 5) is 12.0. The standard InChI is InChI=1S/C8H14N2O2/c1-6-8(2-3-9-6)4-10(5-8)7(11)12/h6,9H,2-5H2,1H3,(H,11,12)/t6-/m0/s1. The van der Waals surface area contributed by atoms with Crippen LogP contribution in [0, 0.1) is 5.41 Å². The second-order valence-electron chi connectivity index (χ2n) is 3.93. The van der Waals surface area contributed by atoms with E-state index in [0.29, 0.717) is 6.04 Å². The van der Waals surface area contributed by atoms with Crippen LogP contribution in [0.5, 0.6) is 0 Å². The van der Waals surface area contributed by atoms with E-state index in [1.165, 1.54) is 4.90 Å². The van der Waals surface area contributed by atoms with Crippen LogP contribution in [0.15, 0.2) is 0 Å². The number of amides is 1. The van der Waals surface area contributed by atoms with Crippen molar-refractivity contribution >= 4 is 6.09 Å². The average Bonchev–Trinajstić information content (AvgIpc) is 2.26. The number of carboxylic acid groups (broad SMARTS) is 1. The summed E-state index contributed by atoms with van der Waals surface area (Å²) in [5.41, 5.74) is 0.262. The lowest BCUT2D eigenvalue weighted by atomic mass is 9.74. The molecule has 4 nitrogen and oxygen atoms in total. The normalized spacial score (nSPS) is 32.1. The van der Waals surface area contributed by atoms with Crippen LogP contribution < -0.4 is 5.32 Å². The first-order valence-electron chi connectivity index (χ1n) is 4.35. The van der Waals surface area contributed by atoms with Crippen molar-refractivity contribution in [1.82, 2.24) is 10.2 Å². The van der Waals surface area contributed by atoms with Crippen molar-refractivity contribution in [3.8, 4) is 0 Å². The number of hydrogen-bond acceptors (Lipinski definition) is 2. The second-order valence-corrected chi connectivity index (χ2v) is 3.93. The van der Waals surface area contributed by atoms with Crippen LogP contribution in [0.2, 0.25) is 0 Å². The molecule has 0 radical (unpaired) electrons. The lowest BCUT2D eigenvalue weighted by Crippen LogP contribution is -2.61. The maximum absolute atomic E-state index is 10.5. The van der Waals surface area contributed by atoms with E-state index >= 15 is 0 Å². The van der Waals surface area contributed by atoms with Gasteiger partial charge in [-0.15, -0.1) is 0 Å². The Bertz CT molecular complexity index is 211. The Labute approximate surface area is 71.5 Å². The number of nitrogens with one attached hydrogen (secondary N) is 1. The summed E-state index contributed by atoms with van der Waals surface area (Å²) in [6, 6.07) is 0.480. The monoisotopic (exact) mass is 170 g/mol. The summed E-state index contributed by atoms with van der Waals surface area (Å²) in [7, 11) is 0. The van der Waals surface area contributed by atoms with Gasteiger partial charge in [0.15, 0.2) is 0 Å². The van der Waals surface area contributed by atoms with Gasteiger partial charge < -0.3 is 15.3 Å². The molecule has 68 valence electrons. The number of carbonyl (C=O) groups is 1. The third-order valence-electron chi connectivity index (χ3n) is 3.27. The highest BCUT2D eigenvalue weighted by atomic mass is 16.4. The SMILES string of the molecule is C[C@@H]1NCCC12CN(C(=O)O)C2. The Morgan fingerprint density at radius 3 is 2.75 bits per heavy atom. The molecule has 2 aliphatic heterocycles. The molecule has 2 saturated heterocycles. The molecule has 1 spiro atoms. The number of nitrogens with zero attached hydrogens (tertiary/aromatic N) is 1. The van der Waals surface area contributed by atoms with Crippen LogP contribution in [-0.4, -0.2) is 41.8 Å². The van der Waals surface area contributed by atoms with E-state index in [0.717, 1.165) is 26.1 Å². The fourth-order valence-corrected chi connectivity index (χ4v) is 2.25. The van der Waals surface area contributed by atoms with Gasteiger partial charge in [0.05, 0.1) is 0 Å². The van der Waals surface area contributed by atoms with E-state index in [4.69, 9.17) is 5.11 Å². The third kappa shape index (κ3) is 0.909. The van der Waals surface area contributed by atoms with E-state index in [1.54, 1.807) is 0 Å². The van der Waals surface area contributed by atoms with Crippen molar-refractivity contribution in [2.45, 2.75) is 19.4 Å². The van der Waals surface area contributed by atoms with E-state index in [1.807, 2.05) is 0 Å². The van der Waals surface area contributed by atoms with Gasteiger partial charge in [0.1, 0.15) is 0 Å². The fourth-order valence-electron chi connectivity index (χ4n) is 2.25. The molecule has 2 N–H and O–H groups in total. The predicted molar refractivity (Wildman–Crippen MR) is 44.1 cm³/mol. The van der Waals surface area contributed by atoms with Crippen LogP contribution in [-0.2, 0) is 0 Å². The quantitative estimate of drug-likeness (QED) is 0.551. The van der Waals surface area contributed by atoms with Crippen molar-refractivity contribution in [2.75, 3.05) is 19.6 Å². The van der Waals surface area contributed by atoms with Crippen LogP contribution in [0.4, 0.5) is 4.79 Å². The fraction of sp³-hybridized carbons (Fsp3) is 0.875. The van der Waals surface area contributed by atoms with Gasteiger partial charge >= 0.3 is 6.09 Å². The van der Waals surface area contributed by atoms with E-state index in [2.05, 4.69) is 12.2 Å². The summed E-state index contributed by atoms with van der Waals surface area (Å²) >= 11 is 0. The Kier molecular flexibility index (Phi) is 1.54. The third-order valence-corrected chi connectivity index (χ3v) is 3.27. The van der Waals surface area contributed by atoms with Gasteiger partial charge in [0.25, 0.3) is 0 Å². The minimum atomic E-state index is -0.778. The molecule has 0 aromatic heterocycles. The Hall–Kier alpha value is -0.770. The highest BCUT2D eigenvalue weighted by Gasteiger charge is 2.51. The number of likely N-dealkylation sites (tertiary alicyclic amines) is 1. The zero-order valence-corrected chi connectivity index (χ0v) is 7.21. The molecule has 2 rings (SSSR count). The lowest BCUT2D eigenvalue weighted by molar-refractivity contribution is 0.00565. The zero-order valence-electron chi connectivity index (χ0n) is 7.21. The summed E-state index contributed by atoms with van der Waals surface area (Å²) < 4.78 is 0.